The van der Waals surface area contributed by atoms with Crippen LogP contribution in [0.15, 0.2) is 48.5 Å². The highest BCUT2D eigenvalue weighted by Gasteiger charge is 2.22. The standard InChI is InChI=1S/C22H25F2N3O3/c1-16-4-2-3-5-17(16)14-21(29)27-12-10-26(11-13-27)15-20(28)25-18-6-8-19(9-7-18)30-22(23)24/h2-9,22H,10-15H2,1H3,(H,25,28). The summed E-state index contributed by atoms with van der Waals surface area (Å²) in [6.45, 7) is 1.72. The number of rotatable bonds is 7. The second-order valence-corrected chi connectivity index (χ2v) is 7.21. The van der Waals surface area contributed by atoms with Crippen molar-refractivity contribution in [3.8, 4) is 5.75 Å². The molecule has 30 heavy (non-hydrogen) atoms. The number of carbonyl (C=O) groups excluding carboxylic acids is 2. The molecule has 0 bridgehead atoms. The maximum atomic E-state index is 12.6. The average Bonchev–Trinajstić information content (AvgIpc) is 2.71. The number of nitrogens with zero attached hydrogens (tertiary/aromatic N) is 2. The van der Waals surface area contributed by atoms with E-state index < -0.39 is 6.61 Å². The summed E-state index contributed by atoms with van der Waals surface area (Å²) in [5.74, 6) is -0.0637. The summed E-state index contributed by atoms with van der Waals surface area (Å²) in [5, 5.41) is 2.74. The summed E-state index contributed by atoms with van der Waals surface area (Å²) in [7, 11) is 0. The Morgan fingerprint density at radius 1 is 1.03 bits per heavy atom. The number of anilines is 1. The molecule has 0 saturated carbocycles. The molecule has 0 spiro atoms. The predicted octanol–water partition coefficient (Wildman–Crippen LogP) is 2.92. The second kappa shape index (κ2) is 10.2. The molecule has 3 rings (SSSR count). The highest BCUT2D eigenvalue weighted by atomic mass is 19.3. The first-order chi connectivity index (χ1) is 14.4. The molecule has 0 radical (unpaired) electrons. The molecule has 0 aromatic heterocycles. The van der Waals surface area contributed by atoms with Gasteiger partial charge < -0.3 is 15.0 Å². The van der Waals surface area contributed by atoms with Crippen LogP contribution in [0, 0.1) is 6.92 Å². The van der Waals surface area contributed by atoms with Crippen molar-refractivity contribution in [1.29, 1.82) is 0 Å². The van der Waals surface area contributed by atoms with Gasteiger partial charge in [-0.1, -0.05) is 24.3 Å². The van der Waals surface area contributed by atoms with Gasteiger partial charge >= 0.3 is 6.61 Å². The molecule has 0 unspecified atom stereocenters. The molecule has 2 aromatic carbocycles. The molecule has 1 N–H and O–H groups in total. The molecular weight excluding hydrogens is 392 g/mol. The highest BCUT2D eigenvalue weighted by molar-refractivity contribution is 5.92. The number of hydrogen-bond acceptors (Lipinski definition) is 4. The van der Waals surface area contributed by atoms with Crippen LogP contribution in [0.25, 0.3) is 0 Å². The van der Waals surface area contributed by atoms with Crippen molar-refractivity contribution < 1.29 is 23.1 Å². The van der Waals surface area contributed by atoms with Crippen LogP contribution in [0.5, 0.6) is 5.75 Å². The molecule has 1 heterocycles. The lowest BCUT2D eigenvalue weighted by atomic mass is 10.1. The monoisotopic (exact) mass is 417 g/mol. The Bertz CT molecular complexity index is 866. The number of halogens is 2. The lowest BCUT2D eigenvalue weighted by molar-refractivity contribution is -0.132. The SMILES string of the molecule is Cc1ccccc1CC(=O)N1CCN(CC(=O)Nc2ccc(OC(F)F)cc2)CC1. The predicted molar refractivity (Wildman–Crippen MR) is 110 cm³/mol. The Morgan fingerprint density at radius 3 is 2.33 bits per heavy atom. The molecule has 2 amide bonds. The third kappa shape index (κ3) is 6.25. The summed E-state index contributed by atoms with van der Waals surface area (Å²) in [6, 6.07) is 13.6. The van der Waals surface area contributed by atoms with E-state index in [1.165, 1.54) is 24.3 Å². The Labute approximate surface area is 174 Å². The maximum Gasteiger partial charge on any atom is 0.387 e. The molecule has 2 aromatic rings. The molecule has 6 nitrogen and oxygen atoms in total. The molecule has 160 valence electrons. The summed E-state index contributed by atoms with van der Waals surface area (Å²) in [4.78, 5) is 28.6. The van der Waals surface area contributed by atoms with Gasteiger partial charge in [0, 0.05) is 31.9 Å². The zero-order valence-electron chi connectivity index (χ0n) is 16.8. The van der Waals surface area contributed by atoms with Gasteiger partial charge in [-0.05, 0) is 42.3 Å². The number of aryl methyl sites for hydroxylation is 1. The van der Waals surface area contributed by atoms with E-state index in [4.69, 9.17) is 0 Å². The molecule has 1 aliphatic rings. The first kappa shape index (κ1) is 21.7. The normalized spacial score (nSPS) is 14.6. The van der Waals surface area contributed by atoms with Crippen LogP contribution in [0.4, 0.5) is 14.5 Å². The minimum absolute atomic E-state index is 0.0366. The minimum atomic E-state index is -2.88. The molecule has 8 heteroatoms. The Morgan fingerprint density at radius 2 is 1.70 bits per heavy atom. The van der Waals surface area contributed by atoms with Crippen molar-refractivity contribution >= 4 is 17.5 Å². The number of piperazine rings is 1. The van der Waals surface area contributed by atoms with Gasteiger partial charge in [0.25, 0.3) is 0 Å². The first-order valence-corrected chi connectivity index (χ1v) is 9.80. The lowest BCUT2D eigenvalue weighted by Gasteiger charge is -2.34. The zero-order chi connectivity index (χ0) is 21.5. The van der Waals surface area contributed by atoms with Gasteiger partial charge in [-0.25, -0.2) is 0 Å². The van der Waals surface area contributed by atoms with Gasteiger partial charge in [0.05, 0.1) is 13.0 Å². The summed E-state index contributed by atoms with van der Waals surface area (Å²) < 4.78 is 28.6. The van der Waals surface area contributed by atoms with Crippen LogP contribution in [-0.2, 0) is 16.0 Å². The fourth-order valence-electron chi connectivity index (χ4n) is 3.36. The number of amides is 2. The zero-order valence-corrected chi connectivity index (χ0v) is 16.8. The van der Waals surface area contributed by atoms with Gasteiger partial charge in [0.1, 0.15) is 5.75 Å². The van der Waals surface area contributed by atoms with Crippen molar-refractivity contribution in [3.63, 3.8) is 0 Å². The van der Waals surface area contributed by atoms with E-state index >= 15 is 0 Å². The van der Waals surface area contributed by atoms with Crippen LogP contribution in [-0.4, -0.2) is 60.9 Å². The number of benzene rings is 2. The van der Waals surface area contributed by atoms with Crippen LogP contribution in [0.2, 0.25) is 0 Å². The lowest BCUT2D eigenvalue weighted by Crippen LogP contribution is -2.50. The minimum Gasteiger partial charge on any atom is -0.435 e. The Kier molecular flexibility index (Phi) is 7.35. The molecule has 1 saturated heterocycles. The first-order valence-electron chi connectivity index (χ1n) is 9.80. The van der Waals surface area contributed by atoms with E-state index in [0.29, 0.717) is 38.3 Å². The third-order valence-corrected chi connectivity index (χ3v) is 5.06. The van der Waals surface area contributed by atoms with Gasteiger partial charge in [0.15, 0.2) is 0 Å². The number of alkyl halides is 2. The molecule has 1 aliphatic heterocycles. The van der Waals surface area contributed by atoms with Crippen LogP contribution >= 0.6 is 0 Å². The van der Waals surface area contributed by atoms with Crippen molar-refractivity contribution in [3.05, 3.63) is 59.7 Å². The van der Waals surface area contributed by atoms with E-state index in [1.54, 1.807) is 0 Å². The van der Waals surface area contributed by atoms with Gasteiger partial charge in [-0.2, -0.15) is 8.78 Å². The van der Waals surface area contributed by atoms with Crippen molar-refractivity contribution in [2.45, 2.75) is 20.0 Å². The number of hydrogen-bond donors (Lipinski definition) is 1. The largest absolute Gasteiger partial charge is 0.435 e. The molecular formula is C22H25F2N3O3. The van der Waals surface area contributed by atoms with Crippen molar-refractivity contribution in [1.82, 2.24) is 9.80 Å². The smallest absolute Gasteiger partial charge is 0.387 e. The van der Waals surface area contributed by atoms with Crippen LogP contribution in [0.1, 0.15) is 11.1 Å². The van der Waals surface area contributed by atoms with Gasteiger partial charge in [-0.15, -0.1) is 0 Å². The third-order valence-electron chi connectivity index (χ3n) is 5.06. The Balaban J connectivity index is 1.42. The molecule has 1 fully saturated rings. The summed E-state index contributed by atoms with van der Waals surface area (Å²) in [6.07, 6.45) is 0.387. The van der Waals surface area contributed by atoms with E-state index in [0.717, 1.165) is 11.1 Å². The summed E-state index contributed by atoms with van der Waals surface area (Å²) in [5.41, 5.74) is 2.65. The molecule has 0 atom stereocenters. The van der Waals surface area contributed by atoms with Gasteiger partial charge in [-0.3, -0.25) is 14.5 Å². The van der Waals surface area contributed by atoms with E-state index in [9.17, 15) is 18.4 Å². The fourth-order valence-corrected chi connectivity index (χ4v) is 3.36. The van der Waals surface area contributed by atoms with Crippen molar-refractivity contribution in [2.75, 3.05) is 38.0 Å². The number of carbonyl (C=O) groups is 2. The molecule has 0 aliphatic carbocycles. The highest BCUT2D eigenvalue weighted by Crippen LogP contribution is 2.18. The van der Waals surface area contributed by atoms with Gasteiger partial charge in [0.2, 0.25) is 11.8 Å². The number of nitrogens with one attached hydrogen (secondary N) is 1. The Hall–Kier alpha value is -3.00. The average molecular weight is 417 g/mol. The van der Waals surface area contributed by atoms with Crippen LogP contribution in [0.3, 0.4) is 0 Å². The number of ether oxygens (including phenoxy) is 1. The van der Waals surface area contributed by atoms with E-state index in [1.807, 2.05) is 41.0 Å². The van der Waals surface area contributed by atoms with E-state index in [-0.39, 0.29) is 24.1 Å². The summed E-state index contributed by atoms with van der Waals surface area (Å²) >= 11 is 0. The maximum absolute atomic E-state index is 12.6. The second-order valence-electron chi connectivity index (χ2n) is 7.21. The fraction of sp³-hybridized carbons (Fsp3) is 0.364. The van der Waals surface area contributed by atoms with Crippen LogP contribution < -0.4 is 10.1 Å². The quantitative estimate of drug-likeness (QED) is 0.753. The topological polar surface area (TPSA) is 61.9 Å². The van der Waals surface area contributed by atoms with E-state index in [2.05, 4.69) is 10.1 Å². The van der Waals surface area contributed by atoms with Crippen molar-refractivity contribution in [2.24, 2.45) is 0 Å².